The van der Waals surface area contributed by atoms with Crippen LogP contribution in [0.1, 0.15) is 25.7 Å². The largest absolute Gasteiger partial charge is 0.341 e. The van der Waals surface area contributed by atoms with Crippen LogP contribution in [0.4, 0.5) is 0 Å². The van der Waals surface area contributed by atoms with E-state index < -0.39 is 10.0 Å². The van der Waals surface area contributed by atoms with Gasteiger partial charge in [0, 0.05) is 38.1 Å². The lowest BCUT2D eigenvalue weighted by molar-refractivity contribution is -0.138. The lowest BCUT2D eigenvalue weighted by Crippen LogP contribution is -2.50. The molecule has 0 saturated carbocycles. The Kier molecular flexibility index (Phi) is 7.46. The van der Waals surface area contributed by atoms with Gasteiger partial charge in [0.1, 0.15) is 0 Å². The number of hydrogen-bond donors (Lipinski definition) is 1. The van der Waals surface area contributed by atoms with Crippen molar-refractivity contribution in [2.45, 2.75) is 36.6 Å². The molecule has 8 heteroatoms. The van der Waals surface area contributed by atoms with Crippen LogP contribution in [0.2, 0.25) is 0 Å². The van der Waals surface area contributed by atoms with Crippen molar-refractivity contribution in [1.82, 2.24) is 14.5 Å². The van der Waals surface area contributed by atoms with Crippen LogP contribution in [0.15, 0.2) is 35.2 Å². The Morgan fingerprint density at radius 3 is 2.35 bits per heavy atom. The monoisotopic (exact) mass is 401 g/mol. The molecule has 26 heavy (non-hydrogen) atoms. The average Bonchev–Trinajstić information content (AvgIpc) is 2.68. The molecule has 2 fully saturated rings. The third-order valence-electron chi connectivity index (χ3n) is 5.33. The van der Waals surface area contributed by atoms with Gasteiger partial charge >= 0.3 is 0 Å². The Labute approximate surface area is 162 Å². The minimum atomic E-state index is -3.45. The summed E-state index contributed by atoms with van der Waals surface area (Å²) in [5.41, 5.74) is 0. The Morgan fingerprint density at radius 1 is 1.08 bits per heavy atom. The van der Waals surface area contributed by atoms with Crippen molar-refractivity contribution >= 4 is 28.3 Å². The van der Waals surface area contributed by atoms with Crippen LogP contribution in [-0.4, -0.2) is 62.8 Å². The van der Waals surface area contributed by atoms with E-state index in [9.17, 15) is 13.2 Å². The van der Waals surface area contributed by atoms with Gasteiger partial charge < -0.3 is 10.2 Å². The number of halogens is 1. The molecule has 146 valence electrons. The number of rotatable bonds is 4. The van der Waals surface area contributed by atoms with Gasteiger partial charge in [-0.05, 0) is 44.9 Å². The van der Waals surface area contributed by atoms with Crippen LogP contribution in [0.3, 0.4) is 0 Å². The van der Waals surface area contributed by atoms with Crippen LogP contribution in [-0.2, 0) is 14.8 Å². The second kappa shape index (κ2) is 9.17. The minimum Gasteiger partial charge on any atom is -0.341 e. The summed E-state index contributed by atoms with van der Waals surface area (Å²) in [4.78, 5) is 15.1. The zero-order valence-electron chi connectivity index (χ0n) is 15.1. The zero-order valence-corrected chi connectivity index (χ0v) is 16.8. The first-order valence-electron chi connectivity index (χ1n) is 9.03. The number of nitrogens with zero attached hydrogens (tertiary/aromatic N) is 2. The Hall–Kier alpha value is -1.15. The highest BCUT2D eigenvalue weighted by atomic mass is 35.5. The normalized spacial score (nSPS) is 22.7. The molecule has 6 nitrogen and oxygen atoms in total. The Morgan fingerprint density at radius 2 is 1.73 bits per heavy atom. The number of likely N-dealkylation sites (N-methyl/N-ethyl adjacent to an activating group) is 1. The van der Waals surface area contributed by atoms with Gasteiger partial charge in [0.25, 0.3) is 0 Å². The molecule has 0 aliphatic carbocycles. The third kappa shape index (κ3) is 4.57. The first-order valence-corrected chi connectivity index (χ1v) is 10.5. The van der Waals surface area contributed by atoms with E-state index in [1.807, 2.05) is 11.9 Å². The molecule has 1 amide bonds. The maximum absolute atomic E-state index is 12.8. The van der Waals surface area contributed by atoms with Gasteiger partial charge in [0.15, 0.2) is 0 Å². The minimum absolute atomic E-state index is 0. The Balaban J connectivity index is 0.00000243. The molecule has 1 atom stereocenters. The lowest BCUT2D eigenvalue weighted by atomic mass is 9.95. The van der Waals surface area contributed by atoms with Crippen molar-refractivity contribution in [2.24, 2.45) is 5.92 Å². The molecule has 1 N–H and O–H groups in total. The quantitative estimate of drug-likeness (QED) is 0.834. The fourth-order valence-corrected chi connectivity index (χ4v) is 5.25. The summed E-state index contributed by atoms with van der Waals surface area (Å²) >= 11 is 0. The van der Waals surface area contributed by atoms with Gasteiger partial charge in [-0.1, -0.05) is 18.2 Å². The van der Waals surface area contributed by atoms with E-state index in [4.69, 9.17) is 0 Å². The first kappa shape index (κ1) is 21.2. The molecule has 0 radical (unpaired) electrons. The number of likely N-dealkylation sites (tertiary alicyclic amines) is 1. The molecule has 2 aliphatic heterocycles. The SMILES string of the molecule is CNC1CCCN(C(=O)C2CCN(S(=O)(=O)c3ccccc3)CC2)C1.Cl. The van der Waals surface area contributed by atoms with Crippen molar-refractivity contribution in [2.75, 3.05) is 33.2 Å². The third-order valence-corrected chi connectivity index (χ3v) is 7.24. The molecule has 0 spiro atoms. The van der Waals surface area contributed by atoms with Gasteiger partial charge in [0.05, 0.1) is 4.90 Å². The van der Waals surface area contributed by atoms with Gasteiger partial charge in [0.2, 0.25) is 15.9 Å². The summed E-state index contributed by atoms with van der Waals surface area (Å²) in [6, 6.07) is 8.89. The summed E-state index contributed by atoms with van der Waals surface area (Å²) in [5.74, 6) is 0.134. The van der Waals surface area contributed by atoms with Crippen LogP contribution in [0, 0.1) is 5.92 Å². The summed E-state index contributed by atoms with van der Waals surface area (Å²) in [5, 5.41) is 3.26. The number of amides is 1. The molecule has 1 unspecified atom stereocenters. The number of piperidine rings is 2. The van der Waals surface area contributed by atoms with E-state index in [2.05, 4.69) is 5.32 Å². The van der Waals surface area contributed by atoms with E-state index in [1.54, 1.807) is 30.3 Å². The molecule has 0 bridgehead atoms. The number of nitrogens with one attached hydrogen (secondary N) is 1. The second-order valence-electron chi connectivity index (χ2n) is 6.90. The van der Waals surface area contributed by atoms with Crippen molar-refractivity contribution in [3.8, 4) is 0 Å². The fraction of sp³-hybridized carbons (Fsp3) is 0.611. The van der Waals surface area contributed by atoms with Crippen molar-refractivity contribution in [3.05, 3.63) is 30.3 Å². The topological polar surface area (TPSA) is 69.7 Å². The lowest BCUT2D eigenvalue weighted by Gasteiger charge is -2.37. The molecule has 2 saturated heterocycles. The van der Waals surface area contributed by atoms with Crippen molar-refractivity contribution in [1.29, 1.82) is 0 Å². The molecule has 2 heterocycles. The van der Waals surface area contributed by atoms with Crippen molar-refractivity contribution in [3.63, 3.8) is 0 Å². The highest BCUT2D eigenvalue weighted by molar-refractivity contribution is 7.89. The summed E-state index contributed by atoms with van der Waals surface area (Å²) in [6.07, 6.45) is 3.34. The summed E-state index contributed by atoms with van der Waals surface area (Å²) in [7, 11) is -1.51. The first-order chi connectivity index (χ1) is 12.0. The van der Waals surface area contributed by atoms with Gasteiger partial charge in [-0.3, -0.25) is 4.79 Å². The number of carbonyl (C=O) groups is 1. The van der Waals surface area contributed by atoms with Crippen molar-refractivity contribution < 1.29 is 13.2 Å². The van der Waals surface area contributed by atoms with Gasteiger partial charge in [-0.2, -0.15) is 4.31 Å². The van der Waals surface area contributed by atoms with E-state index >= 15 is 0 Å². The smallest absolute Gasteiger partial charge is 0.243 e. The van der Waals surface area contributed by atoms with Gasteiger partial charge in [-0.25, -0.2) is 8.42 Å². The summed E-state index contributed by atoms with van der Waals surface area (Å²) < 4.78 is 26.9. The van der Waals surface area contributed by atoms with E-state index in [0.29, 0.717) is 36.9 Å². The van der Waals surface area contributed by atoms with E-state index in [-0.39, 0.29) is 24.2 Å². The number of benzene rings is 1. The van der Waals surface area contributed by atoms with Crippen LogP contribution < -0.4 is 5.32 Å². The second-order valence-corrected chi connectivity index (χ2v) is 8.84. The number of hydrogen-bond acceptors (Lipinski definition) is 4. The highest BCUT2D eigenvalue weighted by Gasteiger charge is 2.34. The highest BCUT2D eigenvalue weighted by Crippen LogP contribution is 2.26. The maximum Gasteiger partial charge on any atom is 0.243 e. The van der Waals surface area contributed by atoms with Crippen LogP contribution in [0.5, 0.6) is 0 Å². The maximum atomic E-state index is 12.8. The zero-order chi connectivity index (χ0) is 17.9. The van der Waals surface area contributed by atoms with E-state index in [1.165, 1.54) is 4.31 Å². The molecule has 1 aromatic rings. The molecular formula is C18H28ClN3O3S. The molecule has 2 aliphatic rings. The van der Waals surface area contributed by atoms with E-state index in [0.717, 1.165) is 25.9 Å². The molecule has 3 rings (SSSR count). The molecule has 1 aromatic carbocycles. The summed E-state index contributed by atoms with van der Waals surface area (Å²) in [6.45, 7) is 2.41. The fourth-order valence-electron chi connectivity index (χ4n) is 3.76. The predicted octanol–water partition coefficient (Wildman–Crippen LogP) is 1.72. The number of sulfonamides is 1. The Bertz CT molecular complexity index is 691. The molecule has 0 aromatic heterocycles. The van der Waals surface area contributed by atoms with Crippen LogP contribution in [0.25, 0.3) is 0 Å². The average molecular weight is 402 g/mol. The van der Waals surface area contributed by atoms with Crippen LogP contribution >= 0.6 is 12.4 Å². The predicted molar refractivity (Wildman–Crippen MR) is 104 cm³/mol. The molecular weight excluding hydrogens is 374 g/mol. The van der Waals surface area contributed by atoms with Gasteiger partial charge in [-0.15, -0.1) is 12.4 Å². The number of carbonyl (C=O) groups excluding carboxylic acids is 1. The standard InChI is InChI=1S/C18H27N3O3S.ClH/c1-19-16-6-5-11-20(14-16)18(22)15-9-12-21(13-10-15)25(23,24)17-7-3-2-4-8-17;/h2-4,7-8,15-16,19H,5-6,9-14H2,1H3;1H.